The van der Waals surface area contributed by atoms with E-state index in [-0.39, 0.29) is 23.6 Å². The Morgan fingerprint density at radius 3 is 2.39 bits per heavy atom. The van der Waals surface area contributed by atoms with Crippen LogP contribution in [0.25, 0.3) is 0 Å². The largest absolute Gasteiger partial charge is 0.433 e. The molecule has 0 fully saturated rings. The molecule has 0 aliphatic rings. The normalized spacial score (nSPS) is 11.7. The lowest BCUT2D eigenvalue weighted by atomic mass is 10.1. The zero-order valence-corrected chi connectivity index (χ0v) is 9.49. The first kappa shape index (κ1) is 14.6. The van der Waals surface area contributed by atoms with Crippen molar-refractivity contribution in [1.82, 2.24) is 4.98 Å². The third kappa shape index (κ3) is 3.07. The second-order valence-electron chi connectivity index (χ2n) is 3.30. The molecule has 8 heteroatoms. The molecule has 0 saturated heterocycles. The lowest BCUT2D eigenvalue weighted by Crippen LogP contribution is -2.15. The number of hydrogen-bond acceptors (Lipinski definition) is 2. The molecule has 0 amide bonds. The molecular weight excluding hydrogens is 279 g/mol. The number of aromatic nitrogens is 1. The predicted molar refractivity (Wildman–Crippen MR) is 53.1 cm³/mol. The maximum atomic E-state index is 12.6. The maximum absolute atomic E-state index is 12.6. The van der Waals surface area contributed by atoms with E-state index in [1.165, 1.54) is 0 Å². The van der Waals surface area contributed by atoms with Gasteiger partial charge in [0.05, 0.1) is 24.1 Å². The van der Waals surface area contributed by atoms with Gasteiger partial charge in [0, 0.05) is 5.56 Å². The fourth-order valence-electron chi connectivity index (χ4n) is 1.36. The van der Waals surface area contributed by atoms with Crippen LogP contribution in [-0.4, -0.2) is 4.98 Å². The molecular formula is C10H6ClF5N2. The summed E-state index contributed by atoms with van der Waals surface area (Å²) in [5.41, 5.74) is -3.12. The smallest absolute Gasteiger partial charge is 0.246 e. The van der Waals surface area contributed by atoms with Gasteiger partial charge in [-0.1, -0.05) is 0 Å². The van der Waals surface area contributed by atoms with E-state index < -0.39 is 23.9 Å². The number of pyridine rings is 1. The van der Waals surface area contributed by atoms with Crippen molar-refractivity contribution in [2.24, 2.45) is 0 Å². The third-order valence-electron chi connectivity index (χ3n) is 2.12. The van der Waals surface area contributed by atoms with E-state index in [0.717, 1.165) is 0 Å². The fourth-order valence-corrected chi connectivity index (χ4v) is 1.59. The van der Waals surface area contributed by atoms with Gasteiger partial charge in [0.2, 0.25) is 0 Å². The van der Waals surface area contributed by atoms with Crippen LogP contribution in [0.2, 0.25) is 0 Å². The van der Waals surface area contributed by atoms with Crippen LogP contribution in [0.5, 0.6) is 0 Å². The lowest BCUT2D eigenvalue weighted by Gasteiger charge is -2.14. The molecule has 98 valence electrons. The Bertz CT molecular complexity index is 478. The summed E-state index contributed by atoms with van der Waals surface area (Å²) < 4.78 is 62.7. The number of rotatable bonds is 3. The Labute approximate surface area is 104 Å². The average Bonchev–Trinajstić information content (AvgIpc) is 2.27. The molecule has 0 N–H and O–H groups in total. The van der Waals surface area contributed by atoms with Crippen LogP contribution in [0.1, 0.15) is 28.9 Å². The Kier molecular flexibility index (Phi) is 4.46. The first-order valence-electron chi connectivity index (χ1n) is 4.62. The van der Waals surface area contributed by atoms with Crippen LogP contribution in [-0.2, 0) is 18.5 Å². The Morgan fingerprint density at radius 2 is 2.00 bits per heavy atom. The number of nitriles is 1. The van der Waals surface area contributed by atoms with Crippen molar-refractivity contribution >= 4 is 11.6 Å². The second kappa shape index (κ2) is 5.48. The third-order valence-corrected chi connectivity index (χ3v) is 2.37. The van der Waals surface area contributed by atoms with Gasteiger partial charge in [-0.05, 0) is 11.6 Å². The average molecular weight is 285 g/mol. The van der Waals surface area contributed by atoms with E-state index in [1.807, 2.05) is 0 Å². The molecule has 0 unspecified atom stereocenters. The first-order chi connectivity index (χ1) is 8.31. The summed E-state index contributed by atoms with van der Waals surface area (Å²) in [7, 11) is 0. The number of hydrogen-bond donors (Lipinski definition) is 0. The van der Waals surface area contributed by atoms with Crippen LogP contribution >= 0.6 is 11.6 Å². The van der Waals surface area contributed by atoms with Crippen molar-refractivity contribution in [2.75, 3.05) is 0 Å². The van der Waals surface area contributed by atoms with Gasteiger partial charge in [-0.3, -0.25) is 0 Å². The van der Waals surface area contributed by atoms with Crippen molar-refractivity contribution in [3.63, 3.8) is 0 Å². The highest BCUT2D eigenvalue weighted by molar-refractivity contribution is 6.17. The van der Waals surface area contributed by atoms with Gasteiger partial charge in [0.1, 0.15) is 0 Å². The standard InChI is InChI=1S/C10H6ClF5N2/c11-4-7-5(1-2-17)3-6(9(12)13)8(18-7)10(14,15)16/h3,9H,1,4H2. The molecule has 2 nitrogen and oxygen atoms in total. The van der Waals surface area contributed by atoms with E-state index in [0.29, 0.717) is 6.07 Å². The lowest BCUT2D eigenvalue weighted by molar-refractivity contribution is -0.143. The van der Waals surface area contributed by atoms with Crippen LogP contribution in [0, 0.1) is 11.3 Å². The van der Waals surface area contributed by atoms with E-state index >= 15 is 0 Å². The van der Waals surface area contributed by atoms with Gasteiger partial charge >= 0.3 is 6.18 Å². The van der Waals surface area contributed by atoms with Crippen molar-refractivity contribution in [1.29, 1.82) is 5.26 Å². The fraction of sp³-hybridized carbons (Fsp3) is 0.400. The number of halogens is 6. The summed E-state index contributed by atoms with van der Waals surface area (Å²) in [6.07, 6.45) is -8.64. The summed E-state index contributed by atoms with van der Waals surface area (Å²) in [5.74, 6) is -0.385. The van der Waals surface area contributed by atoms with Gasteiger partial charge in [0.25, 0.3) is 6.43 Å². The molecule has 18 heavy (non-hydrogen) atoms. The SMILES string of the molecule is N#CCc1cc(C(F)F)c(C(F)(F)F)nc1CCl. The Balaban J connectivity index is 3.48. The molecule has 0 saturated carbocycles. The van der Waals surface area contributed by atoms with E-state index in [2.05, 4.69) is 4.98 Å². The van der Waals surface area contributed by atoms with Gasteiger partial charge in [0.15, 0.2) is 5.69 Å². The molecule has 0 bridgehead atoms. The molecule has 1 aromatic heterocycles. The van der Waals surface area contributed by atoms with Gasteiger partial charge in [-0.2, -0.15) is 18.4 Å². The summed E-state index contributed by atoms with van der Waals surface area (Å²) >= 11 is 5.40. The molecule has 0 radical (unpaired) electrons. The molecule has 1 rings (SSSR count). The number of nitrogens with zero attached hydrogens (tertiary/aromatic N) is 2. The van der Waals surface area contributed by atoms with Crippen LogP contribution < -0.4 is 0 Å². The summed E-state index contributed by atoms with van der Waals surface area (Å²) in [6.45, 7) is 0. The van der Waals surface area contributed by atoms with Gasteiger partial charge in [-0.15, -0.1) is 11.6 Å². The zero-order valence-electron chi connectivity index (χ0n) is 8.73. The van der Waals surface area contributed by atoms with Gasteiger partial charge < -0.3 is 0 Å². The highest BCUT2D eigenvalue weighted by atomic mass is 35.5. The quantitative estimate of drug-likeness (QED) is 0.624. The highest BCUT2D eigenvalue weighted by Crippen LogP contribution is 2.36. The van der Waals surface area contributed by atoms with E-state index in [9.17, 15) is 22.0 Å². The van der Waals surface area contributed by atoms with Crippen LogP contribution in [0.3, 0.4) is 0 Å². The summed E-state index contributed by atoms with van der Waals surface area (Å²) in [6, 6.07) is 2.30. The van der Waals surface area contributed by atoms with E-state index in [1.54, 1.807) is 6.07 Å². The minimum absolute atomic E-state index is 0.0178. The van der Waals surface area contributed by atoms with Crippen molar-refractivity contribution < 1.29 is 22.0 Å². The molecule has 0 aliphatic heterocycles. The topological polar surface area (TPSA) is 36.7 Å². The van der Waals surface area contributed by atoms with Crippen molar-refractivity contribution in [2.45, 2.75) is 24.9 Å². The van der Waals surface area contributed by atoms with Crippen molar-refractivity contribution in [3.05, 3.63) is 28.6 Å². The predicted octanol–water partition coefficient (Wildman–Crippen LogP) is 3.84. The summed E-state index contributed by atoms with van der Waals surface area (Å²) in [4.78, 5) is 3.11. The highest BCUT2D eigenvalue weighted by Gasteiger charge is 2.38. The minimum atomic E-state index is -4.99. The molecule has 0 spiro atoms. The molecule has 0 aromatic carbocycles. The maximum Gasteiger partial charge on any atom is 0.433 e. The Morgan fingerprint density at radius 1 is 1.39 bits per heavy atom. The summed E-state index contributed by atoms with van der Waals surface area (Å²) in [5, 5.41) is 8.47. The van der Waals surface area contributed by atoms with Crippen molar-refractivity contribution in [3.8, 4) is 6.07 Å². The molecule has 1 aromatic rings. The zero-order chi connectivity index (χ0) is 13.9. The Hall–Kier alpha value is -1.42. The second-order valence-corrected chi connectivity index (χ2v) is 3.57. The monoisotopic (exact) mass is 284 g/mol. The van der Waals surface area contributed by atoms with Crippen LogP contribution in [0.15, 0.2) is 6.07 Å². The first-order valence-corrected chi connectivity index (χ1v) is 5.15. The van der Waals surface area contributed by atoms with Crippen LogP contribution in [0.4, 0.5) is 22.0 Å². The minimum Gasteiger partial charge on any atom is -0.246 e. The number of alkyl halides is 6. The molecule has 1 heterocycles. The van der Waals surface area contributed by atoms with E-state index in [4.69, 9.17) is 16.9 Å². The van der Waals surface area contributed by atoms with Gasteiger partial charge in [-0.25, -0.2) is 13.8 Å². The molecule has 0 aliphatic carbocycles. The molecule has 0 atom stereocenters.